The molecule has 0 heterocycles. The number of hydrogen-bond donors (Lipinski definition) is 1. The number of amides is 1. The Morgan fingerprint density at radius 2 is 2.00 bits per heavy atom. The minimum Gasteiger partial charge on any atom is -0.349 e. The van der Waals surface area contributed by atoms with Gasteiger partial charge in [0.25, 0.3) is 15.0 Å². The van der Waals surface area contributed by atoms with E-state index in [1.54, 1.807) is 6.92 Å². The lowest BCUT2D eigenvalue weighted by molar-refractivity contribution is 0.0900. The van der Waals surface area contributed by atoms with E-state index in [1.165, 1.54) is 0 Å². The summed E-state index contributed by atoms with van der Waals surface area (Å²) in [5.41, 5.74) is -0.928. The van der Waals surface area contributed by atoms with Crippen LogP contribution in [0.2, 0.25) is 0 Å². The third-order valence-corrected chi connectivity index (χ3v) is 5.10. The average molecular weight is 338 g/mol. The second kappa shape index (κ2) is 5.88. The van der Waals surface area contributed by atoms with Gasteiger partial charge in [0.2, 0.25) is 0 Å². The number of carbonyl (C=O) groups is 1. The summed E-state index contributed by atoms with van der Waals surface area (Å²) in [5.74, 6) is -3.30. The summed E-state index contributed by atoms with van der Waals surface area (Å²) in [5, 5.41) is 2.50. The van der Waals surface area contributed by atoms with E-state index in [0.29, 0.717) is 12.1 Å². The fourth-order valence-electron chi connectivity index (χ4n) is 2.27. The Morgan fingerprint density at radius 1 is 1.38 bits per heavy atom. The van der Waals surface area contributed by atoms with Crippen molar-refractivity contribution in [2.24, 2.45) is 5.92 Å². The minimum atomic E-state index is -4.39. The summed E-state index contributed by atoms with van der Waals surface area (Å²) in [4.78, 5) is 11.1. The zero-order valence-corrected chi connectivity index (χ0v) is 12.8. The minimum absolute atomic E-state index is 0.235. The van der Waals surface area contributed by atoms with Crippen LogP contribution in [0.1, 0.15) is 36.5 Å². The third kappa shape index (κ3) is 3.35. The molecule has 1 aromatic rings. The first-order chi connectivity index (χ1) is 9.71. The molecular weight excluding hydrogens is 324 g/mol. The molecule has 1 amide bonds. The van der Waals surface area contributed by atoms with Gasteiger partial charge in [-0.1, -0.05) is 6.42 Å². The summed E-state index contributed by atoms with van der Waals surface area (Å²) in [6.07, 6.45) is 2.96. The van der Waals surface area contributed by atoms with Crippen LogP contribution in [-0.2, 0) is 9.05 Å². The fraction of sp³-hybridized carbons (Fsp3) is 0.462. The van der Waals surface area contributed by atoms with Crippen LogP contribution < -0.4 is 5.32 Å². The van der Waals surface area contributed by atoms with Gasteiger partial charge in [-0.25, -0.2) is 17.2 Å². The summed E-state index contributed by atoms with van der Waals surface area (Å²) < 4.78 is 50.1. The normalized spacial score (nSPS) is 17.1. The molecule has 0 aromatic heterocycles. The molecule has 2 rings (SSSR count). The quantitative estimate of drug-likeness (QED) is 0.859. The Kier molecular flexibility index (Phi) is 4.53. The van der Waals surface area contributed by atoms with Crippen LogP contribution in [0.15, 0.2) is 17.0 Å². The molecular formula is C13H14ClF2NO3S. The maximum atomic E-state index is 14.1. The first-order valence-electron chi connectivity index (χ1n) is 6.45. The van der Waals surface area contributed by atoms with Crippen molar-refractivity contribution in [2.75, 3.05) is 0 Å². The summed E-state index contributed by atoms with van der Waals surface area (Å²) >= 11 is 0. The molecule has 1 unspecified atom stereocenters. The standard InChI is InChI=1S/C13H14ClF2NO3S/c1-7(8-3-2-4-8)17-13(18)11-9(15)5-6-10(12(11)16)21(14,19)20/h5-8H,2-4H2,1H3,(H,17,18). The van der Waals surface area contributed by atoms with Gasteiger partial charge in [-0.05, 0) is 37.8 Å². The van der Waals surface area contributed by atoms with E-state index in [4.69, 9.17) is 10.7 Å². The first kappa shape index (κ1) is 16.2. The van der Waals surface area contributed by atoms with Gasteiger partial charge in [0.15, 0.2) is 5.82 Å². The van der Waals surface area contributed by atoms with Crippen molar-refractivity contribution in [2.45, 2.75) is 37.1 Å². The van der Waals surface area contributed by atoms with Gasteiger partial charge < -0.3 is 5.32 Å². The predicted molar refractivity (Wildman–Crippen MR) is 73.7 cm³/mol. The number of rotatable bonds is 4. The maximum absolute atomic E-state index is 14.1. The molecule has 1 atom stereocenters. The van der Waals surface area contributed by atoms with Gasteiger partial charge in [0.05, 0.1) is 0 Å². The average Bonchev–Trinajstić information content (AvgIpc) is 2.23. The van der Waals surface area contributed by atoms with Crippen molar-refractivity contribution >= 4 is 25.6 Å². The third-order valence-electron chi connectivity index (χ3n) is 3.76. The van der Waals surface area contributed by atoms with Crippen molar-refractivity contribution in [1.82, 2.24) is 5.32 Å². The van der Waals surface area contributed by atoms with Crippen molar-refractivity contribution in [1.29, 1.82) is 0 Å². The second-order valence-corrected chi connectivity index (χ2v) is 7.66. The molecule has 1 saturated carbocycles. The monoisotopic (exact) mass is 337 g/mol. The highest BCUT2D eigenvalue weighted by Gasteiger charge is 2.29. The fourth-order valence-corrected chi connectivity index (χ4v) is 3.17. The van der Waals surface area contributed by atoms with Crippen LogP contribution >= 0.6 is 10.7 Å². The van der Waals surface area contributed by atoms with E-state index in [1.807, 2.05) is 0 Å². The van der Waals surface area contributed by atoms with Gasteiger partial charge in [-0.3, -0.25) is 4.79 Å². The molecule has 0 bridgehead atoms. The van der Waals surface area contributed by atoms with Crippen molar-refractivity contribution < 1.29 is 22.0 Å². The molecule has 1 aliphatic carbocycles. The molecule has 1 aliphatic rings. The Bertz CT molecular complexity index is 674. The molecule has 21 heavy (non-hydrogen) atoms. The molecule has 0 radical (unpaired) electrons. The van der Waals surface area contributed by atoms with Crippen LogP contribution in [0.25, 0.3) is 0 Å². The lowest BCUT2D eigenvalue weighted by atomic mass is 9.80. The largest absolute Gasteiger partial charge is 0.349 e. The SMILES string of the molecule is CC(NC(=O)c1c(F)ccc(S(=O)(=O)Cl)c1F)C1CCC1. The number of hydrogen-bond acceptors (Lipinski definition) is 3. The Morgan fingerprint density at radius 3 is 2.48 bits per heavy atom. The lowest BCUT2D eigenvalue weighted by Gasteiger charge is -2.31. The van der Waals surface area contributed by atoms with Crippen molar-refractivity contribution in [3.05, 3.63) is 29.3 Å². The van der Waals surface area contributed by atoms with Crippen LogP contribution in [0, 0.1) is 17.6 Å². The lowest BCUT2D eigenvalue weighted by Crippen LogP contribution is -2.41. The Labute approximate surface area is 125 Å². The molecule has 0 aliphatic heterocycles. The topological polar surface area (TPSA) is 63.2 Å². The van der Waals surface area contributed by atoms with Gasteiger partial charge in [0, 0.05) is 16.7 Å². The summed E-state index contributed by atoms with van der Waals surface area (Å²) in [6, 6.07) is 1.17. The zero-order valence-electron chi connectivity index (χ0n) is 11.2. The van der Waals surface area contributed by atoms with E-state index in [9.17, 15) is 22.0 Å². The van der Waals surface area contributed by atoms with Crippen molar-refractivity contribution in [3.8, 4) is 0 Å². The molecule has 116 valence electrons. The van der Waals surface area contributed by atoms with Crippen molar-refractivity contribution in [3.63, 3.8) is 0 Å². The first-order valence-corrected chi connectivity index (χ1v) is 8.76. The molecule has 1 N–H and O–H groups in total. The molecule has 0 spiro atoms. The Hall–Kier alpha value is -1.21. The van der Waals surface area contributed by atoms with E-state index < -0.39 is 37.1 Å². The van der Waals surface area contributed by atoms with Crippen LogP contribution in [-0.4, -0.2) is 20.4 Å². The number of carbonyl (C=O) groups excluding carboxylic acids is 1. The summed E-state index contributed by atoms with van der Waals surface area (Å²) in [7, 11) is 0.665. The van der Waals surface area contributed by atoms with Gasteiger partial charge in [0.1, 0.15) is 16.3 Å². The molecule has 8 heteroatoms. The van der Waals surface area contributed by atoms with Gasteiger partial charge in [-0.2, -0.15) is 0 Å². The highest BCUT2D eigenvalue weighted by Crippen LogP contribution is 2.30. The van der Waals surface area contributed by atoms with E-state index >= 15 is 0 Å². The highest BCUT2D eigenvalue weighted by molar-refractivity contribution is 8.13. The molecule has 1 fully saturated rings. The second-order valence-electron chi connectivity index (χ2n) is 5.13. The van der Waals surface area contributed by atoms with E-state index in [0.717, 1.165) is 19.3 Å². The van der Waals surface area contributed by atoms with Gasteiger partial charge in [-0.15, -0.1) is 0 Å². The predicted octanol–water partition coefficient (Wildman–Crippen LogP) is 2.81. The molecule has 1 aromatic carbocycles. The zero-order chi connectivity index (χ0) is 15.8. The van der Waals surface area contributed by atoms with Crippen LogP contribution in [0.5, 0.6) is 0 Å². The van der Waals surface area contributed by atoms with E-state index in [2.05, 4.69) is 5.32 Å². The Balaban J connectivity index is 2.31. The number of halogens is 3. The number of benzene rings is 1. The molecule has 0 saturated heterocycles. The van der Waals surface area contributed by atoms with E-state index in [-0.39, 0.29) is 12.0 Å². The van der Waals surface area contributed by atoms with Gasteiger partial charge >= 0.3 is 0 Å². The summed E-state index contributed by atoms with van der Waals surface area (Å²) in [6.45, 7) is 1.75. The van der Waals surface area contributed by atoms with Crippen LogP contribution in [0.3, 0.4) is 0 Å². The smallest absolute Gasteiger partial charge is 0.264 e. The maximum Gasteiger partial charge on any atom is 0.264 e. The number of nitrogens with one attached hydrogen (secondary N) is 1. The van der Waals surface area contributed by atoms with Crippen LogP contribution in [0.4, 0.5) is 8.78 Å². The molecule has 4 nitrogen and oxygen atoms in total. The highest BCUT2D eigenvalue weighted by atomic mass is 35.7.